The van der Waals surface area contributed by atoms with Crippen LogP contribution in [0.15, 0.2) is 54.6 Å². The van der Waals surface area contributed by atoms with Gasteiger partial charge in [0.2, 0.25) is 5.88 Å². The van der Waals surface area contributed by atoms with Crippen molar-refractivity contribution in [1.29, 1.82) is 0 Å². The average molecular weight is 470 g/mol. The van der Waals surface area contributed by atoms with Crippen molar-refractivity contribution in [2.24, 2.45) is 7.05 Å². The summed E-state index contributed by atoms with van der Waals surface area (Å²) in [5.41, 5.74) is 2.34. The smallest absolute Gasteiger partial charge is 0.222 e. The molecule has 184 valence electrons. The second-order valence-corrected chi connectivity index (χ2v) is 9.49. The Morgan fingerprint density at radius 3 is 2.50 bits per heavy atom. The number of benzene rings is 2. The van der Waals surface area contributed by atoms with Crippen molar-refractivity contribution in [3.05, 3.63) is 66.0 Å². The molecule has 34 heavy (non-hydrogen) atoms. The fourth-order valence-electron chi connectivity index (χ4n) is 3.76. The topological polar surface area (TPSA) is 59.8 Å². The molecule has 1 atom stereocenters. The normalized spacial score (nSPS) is 12.8. The summed E-state index contributed by atoms with van der Waals surface area (Å²) in [5, 5.41) is 15.4. The van der Waals surface area contributed by atoms with Gasteiger partial charge in [0.25, 0.3) is 0 Å². The van der Waals surface area contributed by atoms with Crippen molar-refractivity contribution in [3.8, 4) is 22.9 Å². The number of hydrogen-bond donors (Lipinski definition) is 1. The Bertz CT molecular complexity index is 1050. The van der Waals surface area contributed by atoms with Gasteiger partial charge in [-0.1, -0.05) is 43.3 Å². The molecule has 0 spiro atoms. The Balaban J connectivity index is 1.92. The van der Waals surface area contributed by atoms with Gasteiger partial charge in [-0.15, -0.1) is 0 Å². The predicted octanol–water partition coefficient (Wildman–Crippen LogP) is 5.41. The highest BCUT2D eigenvalue weighted by Gasteiger charge is 2.24. The summed E-state index contributed by atoms with van der Waals surface area (Å²) in [5.74, 6) is 0.592. The van der Waals surface area contributed by atoms with Crippen LogP contribution in [0.5, 0.6) is 11.6 Å². The van der Waals surface area contributed by atoms with E-state index in [1.807, 2.05) is 58.2 Å². The van der Waals surface area contributed by atoms with Crippen molar-refractivity contribution >= 4 is 0 Å². The van der Waals surface area contributed by atoms with E-state index in [1.54, 1.807) is 16.8 Å². The molecule has 1 aromatic heterocycles. The number of aromatic nitrogens is 2. The SMILES string of the molecule is CCCN(Cc1c(-c2ccccc2)nn(C)c1Oc1cccc(F)c1)CC(O)COC(C)(C)C. The van der Waals surface area contributed by atoms with Gasteiger partial charge in [0.1, 0.15) is 17.3 Å². The van der Waals surface area contributed by atoms with Crippen molar-refractivity contribution in [3.63, 3.8) is 0 Å². The number of ether oxygens (including phenoxy) is 2. The van der Waals surface area contributed by atoms with E-state index in [-0.39, 0.29) is 18.0 Å². The van der Waals surface area contributed by atoms with Gasteiger partial charge in [-0.2, -0.15) is 5.10 Å². The van der Waals surface area contributed by atoms with Gasteiger partial charge in [-0.3, -0.25) is 4.90 Å². The molecule has 7 heteroatoms. The Kier molecular flexibility index (Phi) is 8.83. The summed E-state index contributed by atoms with van der Waals surface area (Å²) >= 11 is 0. The van der Waals surface area contributed by atoms with Crippen LogP contribution >= 0.6 is 0 Å². The number of nitrogens with zero attached hydrogens (tertiary/aromatic N) is 3. The highest BCUT2D eigenvalue weighted by molar-refractivity contribution is 5.65. The molecule has 0 aliphatic heterocycles. The summed E-state index contributed by atoms with van der Waals surface area (Å²) in [4.78, 5) is 2.18. The molecule has 0 aliphatic rings. The minimum Gasteiger partial charge on any atom is -0.439 e. The van der Waals surface area contributed by atoms with Gasteiger partial charge < -0.3 is 14.6 Å². The van der Waals surface area contributed by atoms with Gasteiger partial charge >= 0.3 is 0 Å². The number of halogens is 1. The predicted molar refractivity (Wildman–Crippen MR) is 132 cm³/mol. The minimum absolute atomic E-state index is 0.259. The van der Waals surface area contributed by atoms with Crippen LogP contribution in [0.1, 0.15) is 39.7 Å². The van der Waals surface area contributed by atoms with E-state index < -0.39 is 6.10 Å². The standard InChI is InChI=1S/C27H36FN3O3/c1-6-15-31(17-22(32)19-33-27(2,3)4)18-24-25(20-11-8-7-9-12-20)29-30(5)26(24)34-23-14-10-13-21(28)16-23/h7-14,16,22,32H,6,15,17-19H2,1-5H3. The second-order valence-electron chi connectivity index (χ2n) is 9.49. The number of hydrogen-bond acceptors (Lipinski definition) is 5. The molecule has 3 rings (SSSR count). The number of aliphatic hydroxyl groups excluding tert-OH is 1. The van der Waals surface area contributed by atoms with E-state index in [0.717, 1.165) is 29.8 Å². The molecule has 0 radical (unpaired) electrons. The number of aryl methyl sites for hydroxylation is 1. The van der Waals surface area contributed by atoms with Crippen LogP contribution in [0.4, 0.5) is 4.39 Å². The molecule has 1 unspecified atom stereocenters. The third kappa shape index (κ3) is 7.38. The van der Waals surface area contributed by atoms with Gasteiger partial charge in [-0.25, -0.2) is 9.07 Å². The Labute approximate surface area is 201 Å². The van der Waals surface area contributed by atoms with Crippen LogP contribution in [-0.2, 0) is 18.3 Å². The largest absolute Gasteiger partial charge is 0.439 e. The highest BCUT2D eigenvalue weighted by atomic mass is 19.1. The van der Waals surface area contributed by atoms with Gasteiger partial charge in [0.05, 0.1) is 23.9 Å². The van der Waals surface area contributed by atoms with Crippen molar-refractivity contribution in [2.75, 3.05) is 19.7 Å². The van der Waals surface area contributed by atoms with Crippen molar-refractivity contribution in [1.82, 2.24) is 14.7 Å². The zero-order valence-corrected chi connectivity index (χ0v) is 20.8. The fourth-order valence-corrected chi connectivity index (χ4v) is 3.76. The molecular formula is C27H36FN3O3. The lowest BCUT2D eigenvalue weighted by Gasteiger charge is -2.27. The van der Waals surface area contributed by atoms with Crippen LogP contribution in [0, 0.1) is 5.82 Å². The molecule has 1 N–H and O–H groups in total. The van der Waals surface area contributed by atoms with Crippen molar-refractivity contribution < 1.29 is 19.0 Å². The van der Waals surface area contributed by atoms with E-state index >= 15 is 0 Å². The quantitative estimate of drug-likeness (QED) is 0.407. The van der Waals surface area contributed by atoms with Crippen LogP contribution in [-0.4, -0.2) is 51.2 Å². The first kappa shape index (κ1) is 25.9. The molecule has 1 heterocycles. The van der Waals surface area contributed by atoms with E-state index in [4.69, 9.17) is 14.6 Å². The van der Waals surface area contributed by atoms with E-state index in [2.05, 4.69) is 11.8 Å². The maximum atomic E-state index is 13.8. The first-order chi connectivity index (χ1) is 16.2. The van der Waals surface area contributed by atoms with Crippen LogP contribution < -0.4 is 4.74 Å². The summed E-state index contributed by atoms with van der Waals surface area (Å²) in [6.45, 7) is 10.0. The lowest BCUT2D eigenvalue weighted by Crippen LogP contribution is -2.37. The Morgan fingerprint density at radius 2 is 1.85 bits per heavy atom. The molecule has 0 bridgehead atoms. The molecule has 0 amide bonds. The molecule has 0 saturated carbocycles. The first-order valence-corrected chi connectivity index (χ1v) is 11.8. The van der Waals surface area contributed by atoms with Crippen LogP contribution in [0.2, 0.25) is 0 Å². The average Bonchev–Trinajstić information content (AvgIpc) is 3.08. The molecule has 0 fully saturated rings. The maximum absolute atomic E-state index is 13.8. The van der Waals surface area contributed by atoms with Gasteiger partial charge in [-0.05, 0) is 45.9 Å². The van der Waals surface area contributed by atoms with E-state index in [1.165, 1.54) is 12.1 Å². The number of rotatable bonds is 11. The summed E-state index contributed by atoms with van der Waals surface area (Å²) in [7, 11) is 1.82. The molecular weight excluding hydrogens is 433 g/mol. The van der Waals surface area contributed by atoms with Gasteiger partial charge in [0.15, 0.2) is 0 Å². The summed E-state index contributed by atoms with van der Waals surface area (Å²) in [6.07, 6.45) is 0.295. The number of aliphatic hydroxyl groups is 1. The fraction of sp³-hybridized carbons (Fsp3) is 0.444. The second kappa shape index (κ2) is 11.6. The molecule has 2 aromatic carbocycles. The maximum Gasteiger partial charge on any atom is 0.222 e. The third-order valence-corrected chi connectivity index (χ3v) is 5.24. The molecule has 0 aliphatic carbocycles. The molecule has 3 aromatic rings. The monoisotopic (exact) mass is 469 g/mol. The first-order valence-electron chi connectivity index (χ1n) is 11.8. The van der Waals surface area contributed by atoms with E-state index in [9.17, 15) is 9.50 Å². The summed E-state index contributed by atoms with van der Waals surface area (Å²) < 4.78 is 27.4. The van der Waals surface area contributed by atoms with Gasteiger partial charge in [0, 0.05) is 31.8 Å². The third-order valence-electron chi connectivity index (χ3n) is 5.24. The minimum atomic E-state index is -0.629. The van der Waals surface area contributed by atoms with Crippen molar-refractivity contribution in [2.45, 2.75) is 52.4 Å². The van der Waals surface area contributed by atoms with E-state index in [0.29, 0.717) is 24.7 Å². The lowest BCUT2D eigenvalue weighted by atomic mass is 10.1. The van der Waals surface area contributed by atoms with Crippen LogP contribution in [0.25, 0.3) is 11.3 Å². The highest BCUT2D eigenvalue weighted by Crippen LogP contribution is 2.34. The Hall–Kier alpha value is -2.74. The summed E-state index contributed by atoms with van der Waals surface area (Å²) in [6, 6.07) is 16.0. The molecule has 6 nitrogen and oxygen atoms in total. The molecule has 0 saturated heterocycles. The Morgan fingerprint density at radius 1 is 1.12 bits per heavy atom. The zero-order valence-electron chi connectivity index (χ0n) is 20.8. The zero-order chi connectivity index (χ0) is 24.7. The lowest BCUT2D eigenvalue weighted by molar-refractivity contribution is -0.0566. The van der Waals surface area contributed by atoms with Crippen LogP contribution in [0.3, 0.4) is 0 Å².